The largest absolute Gasteiger partial charge is 0.508 e. The fraction of sp³-hybridized carbons (Fsp3) is 0.458. The number of carbonyl (C=O) groups is 2. The van der Waals surface area contributed by atoms with Crippen LogP contribution in [0, 0.1) is 11.8 Å². The number of amides is 1. The lowest BCUT2D eigenvalue weighted by molar-refractivity contribution is -0.143. The molecule has 0 unspecified atom stereocenters. The van der Waals surface area contributed by atoms with E-state index in [-0.39, 0.29) is 35.1 Å². The van der Waals surface area contributed by atoms with E-state index in [0.717, 1.165) is 81.5 Å². The molecule has 4 aromatic rings. The minimum atomic E-state index is -0.440. The molecule has 55 heavy (non-hydrogen) atoms. The average Bonchev–Trinajstić information content (AvgIpc) is 3.96. The van der Waals surface area contributed by atoms with Gasteiger partial charge in [0, 0.05) is 61.0 Å². The van der Waals surface area contributed by atoms with Crippen molar-refractivity contribution in [2.75, 3.05) is 19.6 Å². The van der Waals surface area contributed by atoms with Crippen molar-refractivity contribution in [2.24, 2.45) is 11.8 Å². The second kappa shape index (κ2) is 15.1. The Morgan fingerprint density at radius 1 is 0.909 bits per heavy atom. The molecular weight excluding hydrogens is 685 g/mol. The van der Waals surface area contributed by atoms with E-state index in [9.17, 15) is 14.7 Å². The van der Waals surface area contributed by atoms with Gasteiger partial charge in [0.2, 0.25) is 5.91 Å². The Morgan fingerprint density at radius 2 is 1.60 bits per heavy atom. The number of phenols is 1. The van der Waals surface area contributed by atoms with Gasteiger partial charge in [-0.2, -0.15) is 0 Å². The average molecular weight is 739 g/mol. The van der Waals surface area contributed by atoms with E-state index < -0.39 is 5.97 Å². The molecule has 7 heteroatoms. The number of benzene rings is 4. The zero-order valence-electron chi connectivity index (χ0n) is 32.1. The molecule has 1 spiro atoms. The Balaban J connectivity index is 1.08. The fourth-order valence-electron chi connectivity index (χ4n) is 11.0. The van der Waals surface area contributed by atoms with Crippen molar-refractivity contribution in [3.63, 3.8) is 0 Å². The topological polar surface area (TPSA) is 79.3 Å². The standard InChI is InChI=1S/C48H54N2O5/c1-32(51)54-43-29-42(52)37-28-41-39-24-25-40(47-48(39,45(37)46(43)55-47)26-27-49(41)30-34-22-23-34)50(44(53)21-13-3-8-16-33-14-6-2-7-15-33)31-38(35-17-9-4-10-18-35)36-19-11-5-12-20-36/h2,4-7,9-12,14-15,17-20,29,34,38-41,47,52H,3,8,13,16,21-28,30-31H2,1H3/t39-,40-,41+,47-,48-/m0/s1. The molecule has 2 bridgehead atoms. The molecule has 1 saturated heterocycles. The third-order valence-corrected chi connectivity index (χ3v) is 13.6. The van der Waals surface area contributed by atoms with Crippen molar-refractivity contribution in [1.29, 1.82) is 0 Å². The molecule has 2 saturated carbocycles. The number of carbonyl (C=O) groups excluding carboxylic acids is 2. The van der Waals surface area contributed by atoms with E-state index in [1.807, 2.05) is 0 Å². The van der Waals surface area contributed by atoms with Crippen LogP contribution >= 0.6 is 0 Å². The predicted molar refractivity (Wildman–Crippen MR) is 213 cm³/mol. The molecule has 0 aromatic heterocycles. The highest BCUT2D eigenvalue weighted by Crippen LogP contribution is 2.66. The highest BCUT2D eigenvalue weighted by Gasteiger charge is 2.67. The van der Waals surface area contributed by atoms with Crippen LogP contribution in [0.15, 0.2) is 97.1 Å². The van der Waals surface area contributed by atoms with Crippen LogP contribution in [0.2, 0.25) is 0 Å². The van der Waals surface area contributed by atoms with E-state index in [4.69, 9.17) is 9.47 Å². The van der Waals surface area contributed by atoms with Crippen LogP contribution in [-0.2, 0) is 27.8 Å². The number of piperidine rings is 1. The summed E-state index contributed by atoms with van der Waals surface area (Å²) in [7, 11) is 0. The molecular formula is C48H54N2O5. The molecule has 7 nitrogen and oxygen atoms in total. The highest BCUT2D eigenvalue weighted by atomic mass is 16.6. The van der Waals surface area contributed by atoms with Crippen LogP contribution in [0.5, 0.6) is 17.2 Å². The first-order chi connectivity index (χ1) is 26.9. The molecule has 5 aliphatic rings. The Labute approximate surface area is 325 Å². The number of likely N-dealkylation sites (tertiary alicyclic amines) is 1. The summed E-state index contributed by atoms with van der Waals surface area (Å²) in [5, 5.41) is 11.6. The third-order valence-electron chi connectivity index (χ3n) is 13.6. The number of aromatic hydroxyl groups is 1. The van der Waals surface area contributed by atoms with Crippen molar-refractivity contribution < 1.29 is 24.2 Å². The number of rotatable bonds is 14. The second-order valence-corrected chi connectivity index (χ2v) is 16.9. The summed E-state index contributed by atoms with van der Waals surface area (Å²) in [6.45, 7) is 4.03. The van der Waals surface area contributed by atoms with E-state index in [1.54, 1.807) is 6.07 Å². The summed E-state index contributed by atoms with van der Waals surface area (Å²) < 4.78 is 13.0. The molecule has 3 fully saturated rings. The Kier molecular flexibility index (Phi) is 9.92. The summed E-state index contributed by atoms with van der Waals surface area (Å²) in [4.78, 5) is 32.3. The monoisotopic (exact) mass is 738 g/mol. The van der Waals surface area contributed by atoms with Crippen molar-refractivity contribution in [3.05, 3.63) is 125 Å². The van der Waals surface area contributed by atoms with Crippen LogP contribution in [0.4, 0.5) is 0 Å². The van der Waals surface area contributed by atoms with Crippen molar-refractivity contribution in [2.45, 2.75) is 107 Å². The van der Waals surface area contributed by atoms with Gasteiger partial charge in [-0.1, -0.05) is 97.4 Å². The van der Waals surface area contributed by atoms with Crippen molar-refractivity contribution in [3.8, 4) is 17.2 Å². The molecule has 9 rings (SSSR count). The lowest BCUT2D eigenvalue weighted by Gasteiger charge is -2.60. The summed E-state index contributed by atoms with van der Waals surface area (Å²) in [6, 6.07) is 33.5. The van der Waals surface area contributed by atoms with Gasteiger partial charge in [-0.25, -0.2) is 0 Å². The summed E-state index contributed by atoms with van der Waals surface area (Å²) in [6.07, 6.45) is 10.2. The van der Waals surface area contributed by atoms with Crippen LogP contribution in [0.25, 0.3) is 0 Å². The lowest BCUT2D eigenvalue weighted by Crippen LogP contribution is -2.69. The maximum atomic E-state index is 15.0. The van der Waals surface area contributed by atoms with Gasteiger partial charge in [-0.3, -0.25) is 14.5 Å². The normalized spacial score (nSPS) is 24.9. The number of unbranched alkanes of at least 4 members (excludes halogenated alkanes) is 2. The molecule has 1 N–H and O–H groups in total. The highest BCUT2D eigenvalue weighted by molar-refractivity contribution is 5.77. The van der Waals surface area contributed by atoms with Gasteiger partial charge in [0.05, 0.1) is 6.04 Å². The fourth-order valence-corrected chi connectivity index (χ4v) is 11.0. The van der Waals surface area contributed by atoms with E-state index in [1.165, 1.54) is 36.5 Å². The number of aryl methyl sites for hydroxylation is 1. The SMILES string of the molecule is CC(=O)Oc1cc(O)c2c3c1O[C@H]1[C@@H](N(CC(c4ccccc4)c4ccccc4)C(=O)CCCCCc4ccccc4)CC[C@H]4[C@@H](C2)N(CC2CC2)CC[C@@]341. The molecule has 3 aliphatic carbocycles. The minimum absolute atomic E-state index is 0.0147. The molecule has 1 amide bonds. The summed E-state index contributed by atoms with van der Waals surface area (Å²) in [5.74, 6) is 1.92. The number of esters is 1. The Hall–Kier alpha value is -4.62. The third kappa shape index (κ3) is 6.83. The van der Waals surface area contributed by atoms with Crippen LogP contribution in [-0.4, -0.2) is 64.6 Å². The van der Waals surface area contributed by atoms with E-state index >= 15 is 0 Å². The molecule has 5 atom stereocenters. The Bertz CT molecular complexity index is 1960. The molecule has 286 valence electrons. The van der Waals surface area contributed by atoms with Gasteiger partial charge in [-0.15, -0.1) is 0 Å². The molecule has 2 heterocycles. The number of phenolic OH excluding ortho intramolecular Hbond substituents is 1. The minimum Gasteiger partial charge on any atom is -0.508 e. The second-order valence-electron chi connectivity index (χ2n) is 16.9. The van der Waals surface area contributed by atoms with E-state index in [2.05, 4.69) is 101 Å². The lowest BCUT2D eigenvalue weighted by atomic mass is 9.50. The van der Waals surface area contributed by atoms with Crippen LogP contribution < -0.4 is 9.47 Å². The Morgan fingerprint density at radius 3 is 2.27 bits per heavy atom. The van der Waals surface area contributed by atoms with Gasteiger partial charge in [0.25, 0.3) is 0 Å². The first-order valence-corrected chi connectivity index (χ1v) is 20.8. The zero-order chi connectivity index (χ0) is 37.5. The predicted octanol–water partition coefficient (Wildman–Crippen LogP) is 8.60. The number of nitrogens with zero attached hydrogens (tertiary/aromatic N) is 2. The maximum absolute atomic E-state index is 15.0. The summed E-state index contributed by atoms with van der Waals surface area (Å²) in [5.41, 5.74) is 5.32. The molecule has 0 radical (unpaired) electrons. The quantitative estimate of drug-likeness (QED) is 0.0794. The summed E-state index contributed by atoms with van der Waals surface area (Å²) >= 11 is 0. The van der Waals surface area contributed by atoms with E-state index in [0.29, 0.717) is 36.4 Å². The number of hydrogen-bond acceptors (Lipinski definition) is 6. The first-order valence-electron chi connectivity index (χ1n) is 20.8. The molecule has 2 aliphatic heterocycles. The maximum Gasteiger partial charge on any atom is 0.308 e. The van der Waals surface area contributed by atoms with Gasteiger partial charge >= 0.3 is 5.97 Å². The molecule has 4 aromatic carbocycles. The van der Waals surface area contributed by atoms with Crippen molar-refractivity contribution in [1.82, 2.24) is 9.80 Å². The van der Waals surface area contributed by atoms with Gasteiger partial charge in [0.15, 0.2) is 11.5 Å². The van der Waals surface area contributed by atoms with Crippen LogP contribution in [0.3, 0.4) is 0 Å². The number of hydrogen-bond donors (Lipinski definition) is 1. The zero-order valence-corrected chi connectivity index (χ0v) is 32.1. The van der Waals surface area contributed by atoms with Gasteiger partial charge in [-0.05, 0) is 92.9 Å². The van der Waals surface area contributed by atoms with Crippen LogP contribution in [0.1, 0.15) is 98.4 Å². The first kappa shape index (κ1) is 36.0. The van der Waals surface area contributed by atoms with Crippen molar-refractivity contribution >= 4 is 11.9 Å². The smallest absolute Gasteiger partial charge is 0.308 e. The van der Waals surface area contributed by atoms with Gasteiger partial charge < -0.3 is 19.5 Å². The number of ether oxygens (including phenoxy) is 2. The van der Waals surface area contributed by atoms with Gasteiger partial charge in [0.1, 0.15) is 11.9 Å².